The van der Waals surface area contributed by atoms with Gasteiger partial charge in [0.25, 0.3) is 5.09 Å². The largest absolute Gasteiger partial charge is 1.00 e. The molecule has 0 aromatic heterocycles. The average Bonchev–Trinajstić information content (AvgIpc) is 0.811. The molecule has 0 unspecified atom stereocenters. The minimum Gasteiger partial charge on any atom is -1.00 e. The molecule has 1 N–H and O–H groups in total. The third kappa shape index (κ3) is 373. The second-order valence-corrected chi connectivity index (χ2v) is 0.238. The molecule has 0 heterocycles. The maximum Gasteiger partial charge on any atom is 1.00 e. The van der Waals surface area contributed by atoms with Crippen LogP contribution in [0.15, 0.2) is 0 Å². The molecule has 6 heteroatoms. The van der Waals surface area contributed by atoms with Gasteiger partial charge in [-0.25, -0.2) is 0 Å². The fourth-order valence-corrected chi connectivity index (χ4v) is 0. The summed E-state index contributed by atoms with van der Waals surface area (Å²) in [6.45, 7) is 0. The normalized spacial score (nSPS) is 4.00. The van der Waals surface area contributed by atoms with Crippen LogP contribution < -0.4 is 23.6 Å². The van der Waals surface area contributed by atoms with Gasteiger partial charge in [0, 0.05) is 0 Å². The van der Waals surface area contributed by atoms with Crippen molar-refractivity contribution in [3.63, 3.8) is 0 Å². The van der Waals surface area contributed by atoms with E-state index >= 15 is 0 Å². The predicted octanol–water partition coefficient (Wildman–Crippen LogP) is -6.34. The van der Waals surface area contributed by atoms with Crippen molar-refractivity contribution in [3.8, 4) is 0 Å². The van der Waals surface area contributed by atoms with Crippen LogP contribution >= 0.6 is 0 Å². The van der Waals surface area contributed by atoms with Crippen LogP contribution in [0.3, 0.4) is 0 Å². The van der Waals surface area contributed by atoms with E-state index in [4.69, 9.17) is 15.3 Å². The summed E-state index contributed by atoms with van der Waals surface area (Å²) in [6.07, 6.45) is 0. The molecule has 4 nitrogen and oxygen atoms in total. The fourth-order valence-electron chi connectivity index (χ4n) is 0. The van der Waals surface area contributed by atoms with Gasteiger partial charge in [-0.2, -0.15) is 0 Å². The first-order valence-corrected chi connectivity index (χ1v) is 0.565. The zero-order valence-corrected chi connectivity index (χ0v) is 3.09. The first-order chi connectivity index (χ1) is 1.73. The second-order valence-electron chi connectivity index (χ2n) is 0.238. The molecule has 0 aromatic rings. The number of hydrogen-bond donors (Lipinski definition) is 1. The van der Waals surface area contributed by atoms with Crippen molar-refractivity contribution >= 4 is 0 Å². The quantitative estimate of drug-likeness (QED) is 0.182. The van der Waals surface area contributed by atoms with Gasteiger partial charge in [-0.15, -0.1) is 10.1 Å². The van der Waals surface area contributed by atoms with Crippen LogP contribution in [0, 0.1) is 10.1 Å². The van der Waals surface area contributed by atoms with Crippen molar-refractivity contribution in [2.45, 2.75) is 0 Å². The molecule has 0 spiro atoms. The maximum atomic E-state index is 8.36. The van der Waals surface area contributed by atoms with Crippen LogP contribution in [0.5, 0.6) is 0 Å². The Balaban J connectivity index is -0.0000000450. The molecular weight excluding hydrogens is 87.9 g/mol. The Labute approximate surface area is 44.8 Å². The van der Waals surface area contributed by atoms with E-state index in [0.717, 1.165) is 0 Å². The van der Waals surface area contributed by atoms with Crippen LogP contribution in [-0.4, -0.2) is 10.3 Å². The minimum atomic E-state index is -1.50. The van der Waals surface area contributed by atoms with Gasteiger partial charge in [0.1, 0.15) is 0 Å². The Hall–Kier alpha value is -0.273. The summed E-state index contributed by atoms with van der Waals surface area (Å²) in [5.74, 6) is 0. The molecule has 0 fully saturated rings. The molecule has 0 aliphatic heterocycles. The molecule has 32 valence electrons. The first kappa shape index (κ1) is 17.2. The van der Waals surface area contributed by atoms with Crippen LogP contribution in [0.2, 0.25) is 0 Å². The molecule has 0 rings (SSSR count). The van der Waals surface area contributed by atoms with Gasteiger partial charge in [-0.1, -0.05) is 0 Å². The summed E-state index contributed by atoms with van der Waals surface area (Å²) >= 11 is 0. The van der Waals surface area contributed by atoms with Crippen LogP contribution in [0.25, 0.3) is 0 Å². The van der Waals surface area contributed by atoms with Crippen LogP contribution in [-0.2, 0) is 0 Å². The Kier molecular flexibility index (Phi) is 25.3. The third-order valence-electron chi connectivity index (χ3n) is 0. The van der Waals surface area contributed by atoms with Crippen LogP contribution in [0.1, 0.15) is 0 Å². The van der Waals surface area contributed by atoms with E-state index in [1.54, 1.807) is 0 Å². The van der Waals surface area contributed by atoms with Gasteiger partial charge in [0.15, 0.2) is 0 Å². The Morgan fingerprint density at radius 3 is 1.67 bits per heavy atom. The second kappa shape index (κ2) is 8.83. The van der Waals surface area contributed by atoms with Gasteiger partial charge in [-0.05, 0) is 0 Å². The topological polar surface area (TPSA) is 63.4 Å². The maximum absolute atomic E-state index is 8.36. The van der Waals surface area contributed by atoms with Gasteiger partial charge in [-0.3, -0.25) is 0 Å². The summed E-state index contributed by atoms with van der Waals surface area (Å²) < 4.78 is 0. The van der Waals surface area contributed by atoms with E-state index in [2.05, 4.69) is 0 Å². The van der Waals surface area contributed by atoms with Crippen molar-refractivity contribution in [1.82, 2.24) is 0 Å². The smallest absolute Gasteiger partial charge is 1.00 e. The van der Waals surface area contributed by atoms with Crippen molar-refractivity contribution in [1.29, 1.82) is 0 Å². The molecule has 0 aromatic carbocycles. The molecule has 0 amide bonds. The van der Waals surface area contributed by atoms with E-state index in [-0.39, 0.29) is 23.6 Å². The Morgan fingerprint density at radius 2 is 1.67 bits per heavy atom. The van der Waals surface area contributed by atoms with E-state index < -0.39 is 5.09 Å². The Morgan fingerprint density at radius 1 is 1.67 bits per heavy atom. The molecule has 0 radical (unpaired) electrons. The minimum absolute atomic E-state index is 0. The zero-order valence-electron chi connectivity index (χ0n) is 3.09. The van der Waals surface area contributed by atoms with E-state index in [0.29, 0.717) is 0 Å². The summed E-state index contributed by atoms with van der Waals surface area (Å²) in [4.78, 5) is 8.36. The van der Waals surface area contributed by atoms with E-state index in [9.17, 15) is 0 Å². The molecular formula is HFLiNO3. The van der Waals surface area contributed by atoms with Crippen LogP contribution in [0.4, 0.5) is 0 Å². The number of halogens is 1. The molecule has 0 saturated carbocycles. The van der Waals surface area contributed by atoms with E-state index in [1.807, 2.05) is 0 Å². The molecule has 6 heavy (non-hydrogen) atoms. The van der Waals surface area contributed by atoms with Gasteiger partial charge in [0.05, 0.1) is 0 Å². The molecule has 0 saturated heterocycles. The molecule has 0 atom stereocenters. The van der Waals surface area contributed by atoms with Crippen molar-refractivity contribution < 1.29 is 33.9 Å². The van der Waals surface area contributed by atoms with Gasteiger partial charge >= 0.3 is 18.9 Å². The number of nitrogens with zero attached hydrogens (tertiary/aromatic N) is 1. The van der Waals surface area contributed by atoms with Crippen molar-refractivity contribution in [2.75, 3.05) is 0 Å². The van der Waals surface area contributed by atoms with Gasteiger partial charge in [0.2, 0.25) is 0 Å². The molecule has 0 bridgehead atoms. The summed E-state index contributed by atoms with van der Waals surface area (Å²) in [7, 11) is 0. The van der Waals surface area contributed by atoms with Gasteiger partial charge < -0.3 is 9.91 Å². The number of hydrogen-bond acceptors (Lipinski definition) is 2. The molecule has 0 aliphatic rings. The summed E-state index contributed by atoms with van der Waals surface area (Å²) in [6, 6.07) is 0. The SMILES string of the molecule is O=[N+]([O-])O.[F-].[Li+]. The summed E-state index contributed by atoms with van der Waals surface area (Å²) in [5, 5.41) is 13.6. The third-order valence-corrected chi connectivity index (χ3v) is 0. The monoisotopic (exact) mass is 89.0 g/mol. The average molecular weight is 89.0 g/mol. The summed E-state index contributed by atoms with van der Waals surface area (Å²) in [5.41, 5.74) is 0. The standard InChI is InChI=1S/FH.Li.HNO3/c;;2-1(3)4/h1H;;(H,2,3,4)/q;+1;/p-1. The molecule has 0 aliphatic carbocycles. The fraction of sp³-hybridized carbons (Fsp3) is 0. The number of rotatable bonds is 0. The van der Waals surface area contributed by atoms with E-state index in [1.165, 1.54) is 0 Å². The Bertz CT molecular complexity index is 33.8. The first-order valence-electron chi connectivity index (χ1n) is 0.565. The van der Waals surface area contributed by atoms with Crippen molar-refractivity contribution in [2.24, 2.45) is 0 Å². The predicted molar refractivity (Wildman–Crippen MR) is 8.78 cm³/mol. The van der Waals surface area contributed by atoms with Crippen molar-refractivity contribution in [3.05, 3.63) is 10.1 Å². The zero-order chi connectivity index (χ0) is 3.58.